The molecule has 82 valence electrons. The molecule has 0 saturated heterocycles. The summed E-state index contributed by atoms with van der Waals surface area (Å²) < 4.78 is 2.15. The van der Waals surface area contributed by atoms with Gasteiger partial charge in [0.05, 0.1) is 0 Å². The third-order valence-electron chi connectivity index (χ3n) is 2.05. The summed E-state index contributed by atoms with van der Waals surface area (Å²) in [5.74, 6) is -0.00824. The lowest BCUT2D eigenvalue weighted by atomic mass is 10.3. The zero-order valence-corrected chi connectivity index (χ0v) is 8.78. The van der Waals surface area contributed by atoms with Gasteiger partial charge in [0, 0.05) is 13.6 Å². The fraction of sp³-hybridized carbons (Fsp3) is 0.333. The Balaban J connectivity index is 3.60. The number of nitrogens with two attached hydrogens (primary N) is 2. The second-order valence-corrected chi connectivity index (χ2v) is 3.49. The summed E-state index contributed by atoms with van der Waals surface area (Å²) in [6.07, 6.45) is 0. The highest BCUT2D eigenvalue weighted by molar-refractivity contribution is 5.56. The van der Waals surface area contributed by atoms with E-state index in [-0.39, 0.29) is 18.1 Å². The number of nitrogen functional groups attached to an aromatic ring is 2. The van der Waals surface area contributed by atoms with Crippen LogP contribution in [0, 0.1) is 0 Å². The number of rotatable bonds is 2. The molecule has 0 radical (unpaired) electrons. The van der Waals surface area contributed by atoms with Crippen molar-refractivity contribution in [2.75, 3.05) is 11.5 Å². The highest BCUT2D eigenvalue weighted by Gasteiger charge is 2.11. The Kier molecular flexibility index (Phi) is 2.69. The molecule has 15 heavy (non-hydrogen) atoms. The van der Waals surface area contributed by atoms with Gasteiger partial charge >= 0.3 is 5.69 Å². The molecule has 0 aliphatic heterocycles. The van der Waals surface area contributed by atoms with E-state index in [1.54, 1.807) is 6.92 Å². The van der Waals surface area contributed by atoms with E-state index in [9.17, 15) is 9.59 Å². The van der Waals surface area contributed by atoms with Gasteiger partial charge in [0.25, 0.3) is 5.56 Å². The van der Waals surface area contributed by atoms with E-state index < -0.39 is 11.2 Å². The average molecular weight is 210 g/mol. The van der Waals surface area contributed by atoms with Crippen molar-refractivity contribution in [3.05, 3.63) is 33.0 Å². The molecule has 0 aliphatic carbocycles. The van der Waals surface area contributed by atoms with Gasteiger partial charge in [0.2, 0.25) is 0 Å². The number of allylic oxidation sites excluding steroid dienone is 1. The fourth-order valence-electron chi connectivity index (χ4n) is 1.23. The predicted octanol–water partition coefficient (Wildman–Crippen LogP) is -0.712. The average Bonchev–Trinajstić information content (AvgIpc) is 2.18. The molecule has 0 unspecified atom stereocenters. The summed E-state index contributed by atoms with van der Waals surface area (Å²) in [5.41, 5.74) is 10.6. The summed E-state index contributed by atoms with van der Waals surface area (Å²) in [6, 6.07) is 0. The fourth-order valence-corrected chi connectivity index (χ4v) is 1.23. The van der Waals surface area contributed by atoms with Crippen LogP contribution in [0.5, 0.6) is 0 Å². The molecule has 0 aromatic carbocycles. The van der Waals surface area contributed by atoms with Crippen LogP contribution >= 0.6 is 0 Å². The maximum atomic E-state index is 11.6. The predicted molar refractivity (Wildman–Crippen MR) is 59.6 cm³/mol. The standard InChI is InChI=1S/C9H14N4O2/c1-5(2)4-13-7(11)6(10)8(14)12(3)9(13)15/h1,4,10-11H2,2-3H3. The molecule has 0 fully saturated rings. The minimum atomic E-state index is -0.574. The van der Waals surface area contributed by atoms with Crippen molar-refractivity contribution < 1.29 is 0 Å². The molecule has 0 bridgehead atoms. The van der Waals surface area contributed by atoms with Gasteiger partial charge < -0.3 is 11.5 Å². The summed E-state index contributed by atoms with van der Waals surface area (Å²) in [6.45, 7) is 5.68. The van der Waals surface area contributed by atoms with Crippen molar-refractivity contribution in [3.8, 4) is 0 Å². The molecular weight excluding hydrogens is 196 g/mol. The Labute approximate surface area is 86.4 Å². The highest BCUT2D eigenvalue weighted by Crippen LogP contribution is 2.06. The van der Waals surface area contributed by atoms with Gasteiger partial charge in [-0.15, -0.1) is 0 Å². The molecule has 0 aliphatic rings. The molecule has 0 spiro atoms. The SMILES string of the molecule is C=C(C)Cn1c(N)c(N)c(=O)n(C)c1=O. The van der Waals surface area contributed by atoms with Crippen LogP contribution in [0.15, 0.2) is 21.7 Å². The monoisotopic (exact) mass is 210 g/mol. The molecule has 1 rings (SSSR count). The Bertz CT molecular complexity index is 524. The van der Waals surface area contributed by atoms with Crippen molar-refractivity contribution >= 4 is 11.5 Å². The number of nitrogens with zero attached hydrogens (tertiary/aromatic N) is 2. The van der Waals surface area contributed by atoms with E-state index >= 15 is 0 Å². The van der Waals surface area contributed by atoms with Gasteiger partial charge in [0.15, 0.2) is 0 Å². The first kappa shape index (κ1) is 11.1. The molecule has 1 heterocycles. The van der Waals surface area contributed by atoms with Gasteiger partial charge in [-0.25, -0.2) is 4.79 Å². The third kappa shape index (κ3) is 1.78. The molecule has 4 N–H and O–H groups in total. The Morgan fingerprint density at radius 3 is 2.40 bits per heavy atom. The summed E-state index contributed by atoms with van der Waals surface area (Å²) in [4.78, 5) is 23.0. The Hall–Kier alpha value is -1.98. The minimum absolute atomic E-state index is 0.00824. The van der Waals surface area contributed by atoms with Gasteiger partial charge in [0.1, 0.15) is 11.5 Å². The van der Waals surface area contributed by atoms with E-state index in [0.29, 0.717) is 0 Å². The van der Waals surface area contributed by atoms with Crippen LogP contribution < -0.4 is 22.7 Å². The van der Waals surface area contributed by atoms with Crippen LogP contribution in [0.2, 0.25) is 0 Å². The molecule has 1 aromatic rings. The smallest absolute Gasteiger partial charge is 0.332 e. The van der Waals surface area contributed by atoms with Gasteiger partial charge in [-0.2, -0.15) is 0 Å². The highest BCUT2D eigenvalue weighted by atomic mass is 16.2. The first-order valence-corrected chi connectivity index (χ1v) is 4.35. The van der Waals surface area contributed by atoms with Gasteiger partial charge in [-0.1, -0.05) is 12.2 Å². The van der Waals surface area contributed by atoms with Gasteiger partial charge in [-0.05, 0) is 6.92 Å². The number of anilines is 2. The molecule has 0 atom stereocenters. The molecule has 1 aromatic heterocycles. The van der Waals surface area contributed by atoms with E-state index in [2.05, 4.69) is 6.58 Å². The van der Waals surface area contributed by atoms with Crippen molar-refractivity contribution in [2.45, 2.75) is 13.5 Å². The maximum absolute atomic E-state index is 11.6. The third-order valence-corrected chi connectivity index (χ3v) is 2.05. The van der Waals surface area contributed by atoms with Crippen molar-refractivity contribution in [3.63, 3.8) is 0 Å². The van der Waals surface area contributed by atoms with E-state index in [1.165, 1.54) is 11.6 Å². The number of aromatic nitrogens is 2. The van der Waals surface area contributed by atoms with Gasteiger partial charge in [-0.3, -0.25) is 13.9 Å². The lowest BCUT2D eigenvalue weighted by Crippen LogP contribution is -2.40. The second kappa shape index (κ2) is 3.64. The van der Waals surface area contributed by atoms with Crippen LogP contribution in [0.25, 0.3) is 0 Å². The summed E-state index contributed by atoms with van der Waals surface area (Å²) in [7, 11) is 1.36. The van der Waals surface area contributed by atoms with Crippen LogP contribution in [0.3, 0.4) is 0 Å². The Morgan fingerprint density at radius 2 is 1.93 bits per heavy atom. The quantitative estimate of drug-likeness (QED) is 0.630. The molecular formula is C9H14N4O2. The lowest BCUT2D eigenvalue weighted by Gasteiger charge is -2.12. The number of hydrogen-bond donors (Lipinski definition) is 2. The number of hydrogen-bond acceptors (Lipinski definition) is 4. The van der Waals surface area contributed by atoms with Crippen LogP contribution in [0.1, 0.15) is 6.92 Å². The first-order chi connectivity index (χ1) is 6.86. The van der Waals surface area contributed by atoms with Crippen LogP contribution in [-0.2, 0) is 13.6 Å². The van der Waals surface area contributed by atoms with Crippen LogP contribution in [-0.4, -0.2) is 9.13 Å². The largest absolute Gasteiger partial charge is 0.391 e. The van der Waals surface area contributed by atoms with Crippen molar-refractivity contribution in [1.82, 2.24) is 9.13 Å². The van der Waals surface area contributed by atoms with Crippen molar-refractivity contribution in [2.24, 2.45) is 7.05 Å². The molecule has 6 heteroatoms. The Morgan fingerprint density at radius 1 is 1.40 bits per heavy atom. The zero-order valence-electron chi connectivity index (χ0n) is 8.78. The summed E-state index contributed by atoms with van der Waals surface area (Å²) >= 11 is 0. The first-order valence-electron chi connectivity index (χ1n) is 4.35. The molecule has 6 nitrogen and oxygen atoms in total. The molecule has 0 saturated carbocycles. The lowest BCUT2D eigenvalue weighted by molar-refractivity contribution is 0.653. The van der Waals surface area contributed by atoms with Crippen LogP contribution in [0.4, 0.5) is 11.5 Å². The van der Waals surface area contributed by atoms with E-state index in [1.807, 2.05) is 0 Å². The van der Waals surface area contributed by atoms with Crippen molar-refractivity contribution in [1.29, 1.82) is 0 Å². The topological polar surface area (TPSA) is 96.0 Å². The minimum Gasteiger partial charge on any atom is -0.391 e. The maximum Gasteiger partial charge on any atom is 0.332 e. The molecule has 0 amide bonds. The summed E-state index contributed by atoms with van der Waals surface area (Å²) in [5, 5.41) is 0. The van der Waals surface area contributed by atoms with E-state index in [0.717, 1.165) is 10.1 Å². The zero-order chi connectivity index (χ0) is 11.7. The van der Waals surface area contributed by atoms with E-state index in [4.69, 9.17) is 11.5 Å². The normalized spacial score (nSPS) is 10.3. The second-order valence-electron chi connectivity index (χ2n) is 3.49.